The van der Waals surface area contributed by atoms with Gasteiger partial charge in [-0.3, -0.25) is 4.57 Å². The minimum Gasteiger partial charge on any atom is -0.369 e. The smallest absolute Gasteiger partial charge is 0.240 e. The molecule has 8 nitrogen and oxygen atoms in total. The van der Waals surface area contributed by atoms with Crippen molar-refractivity contribution in [3.8, 4) is 5.82 Å². The van der Waals surface area contributed by atoms with Gasteiger partial charge >= 0.3 is 0 Å². The van der Waals surface area contributed by atoms with Crippen LogP contribution in [0.3, 0.4) is 0 Å². The van der Waals surface area contributed by atoms with Crippen LogP contribution < -0.4 is 10.0 Å². The minimum atomic E-state index is -3.55. The van der Waals surface area contributed by atoms with Crippen LogP contribution in [0.2, 0.25) is 0 Å². The summed E-state index contributed by atoms with van der Waals surface area (Å²) in [5.41, 5.74) is 2.00. The predicted octanol–water partition coefficient (Wildman–Crippen LogP) is 2.29. The maximum absolute atomic E-state index is 12.4. The van der Waals surface area contributed by atoms with E-state index in [1.165, 1.54) is 0 Å². The lowest BCUT2D eigenvalue weighted by molar-refractivity contribution is 0.582. The Hall–Kier alpha value is -2.78. The highest BCUT2D eigenvalue weighted by Crippen LogP contribution is 2.15. The summed E-state index contributed by atoms with van der Waals surface area (Å²) >= 11 is 0. The first-order chi connectivity index (χ1) is 13.3. The molecular weight excluding hydrogens is 376 g/mol. The molecule has 3 rings (SSSR count). The highest BCUT2D eigenvalue weighted by atomic mass is 32.2. The summed E-state index contributed by atoms with van der Waals surface area (Å²) in [5.74, 6) is 2.77. The van der Waals surface area contributed by atoms with Crippen molar-refractivity contribution in [2.45, 2.75) is 32.6 Å². The van der Waals surface area contributed by atoms with Crippen LogP contribution in [0.25, 0.3) is 5.82 Å². The second kappa shape index (κ2) is 8.07. The molecule has 2 N–H and O–H groups in total. The lowest BCUT2D eigenvalue weighted by Gasteiger charge is -2.11. The maximum atomic E-state index is 12.4. The highest BCUT2D eigenvalue weighted by Gasteiger charge is 2.14. The standard InChI is InChI=1S/C19H24N6O2S/c1-13-5-6-17(11-14(13)2)28(26,27)22-8-7-21-18-12-19(24-15(3)23-18)25-10-9-20-16(25)4/h5-6,9-12,22H,7-8H2,1-4H3,(H,21,23,24). The molecular formula is C19H24N6O2S. The van der Waals surface area contributed by atoms with Gasteiger partial charge in [0.2, 0.25) is 10.0 Å². The van der Waals surface area contributed by atoms with Crippen LogP contribution in [0.5, 0.6) is 0 Å². The monoisotopic (exact) mass is 400 g/mol. The van der Waals surface area contributed by atoms with E-state index in [0.29, 0.717) is 24.0 Å². The number of anilines is 1. The number of benzene rings is 1. The summed E-state index contributed by atoms with van der Waals surface area (Å²) in [6.07, 6.45) is 3.54. The maximum Gasteiger partial charge on any atom is 0.240 e. The van der Waals surface area contributed by atoms with Crippen molar-refractivity contribution < 1.29 is 8.42 Å². The number of aryl methyl sites for hydroxylation is 4. The minimum absolute atomic E-state index is 0.234. The van der Waals surface area contributed by atoms with E-state index in [0.717, 1.165) is 17.0 Å². The zero-order chi connectivity index (χ0) is 20.3. The van der Waals surface area contributed by atoms with E-state index in [-0.39, 0.29) is 11.4 Å². The van der Waals surface area contributed by atoms with Gasteiger partial charge < -0.3 is 5.32 Å². The molecule has 0 aliphatic carbocycles. The van der Waals surface area contributed by atoms with E-state index in [9.17, 15) is 8.42 Å². The largest absolute Gasteiger partial charge is 0.369 e. The van der Waals surface area contributed by atoms with Gasteiger partial charge in [-0.15, -0.1) is 0 Å². The predicted molar refractivity (Wildman–Crippen MR) is 108 cm³/mol. The van der Waals surface area contributed by atoms with Crippen molar-refractivity contribution in [2.24, 2.45) is 0 Å². The van der Waals surface area contributed by atoms with Gasteiger partial charge in [-0.05, 0) is 51.0 Å². The molecule has 0 unspecified atom stereocenters. The van der Waals surface area contributed by atoms with Gasteiger partial charge in [-0.2, -0.15) is 0 Å². The van der Waals surface area contributed by atoms with E-state index in [1.807, 2.05) is 44.5 Å². The van der Waals surface area contributed by atoms with Gasteiger partial charge in [0.25, 0.3) is 0 Å². The summed E-state index contributed by atoms with van der Waals surface area (Å²) < 4.78 is 29.3. The molecule has 28 heavy (non-hydrogen) atoms. The fraction of sp³-hybridized carbons (Fsp3) is 0.316. The summed E-state index contributed by atoms with van der Waals surface area (Å²) in [5, 5.41) is 3.14. The van der Waals surface area contributed by atoms with Crippen LogP contribution in [0.1, 0.15) is 22.8 Å². The number of imidazole rings is 1. The second-order valence-corrected chi connectivity index (χ2v) is 8.34. The molecule has 3 aromatic rings. The topological polar surface area (TPSA) is 102 Å². The molecule has 1 aromatic carbocycles. The third-order valence-corrected chi connectivity index (χ3v) is 5.87. The number of nitrogens with one attached hydrogen (secondary N) is 2. The fourth-order valence-corrected chi connectivity index (χ4v) is 3.84. The Kier molecular flexibility index (Phi) is 5.76. The van der Waals surface area contributed by atoms with Gasteiger partial charge in [-0.25, -0.2) is 28.1 Å². The Labute approximate surface area is 165 Å². The molecule has 2 heterocycles. The first-order valence-corrected chi connectivity index (χ1v) is 10.4. The number of hydrogen-bond donors (Lipinski definition) is 2. The van der Waals surface area contributed by atoms with Crippen LogP contribution in [0.4, 0.5) is 5.82 Å². The summed E-state index contributed by atoms with van der Waals surface area (Å²) in [7, 11) is -3.55. The van der Waals surface area contributed by atoms with Crippen molar-refractivity contribution in [1.29, 1.82) is 0 Å². The van der Waals surface area contributed by atoms with E-state index in [2.05, 4.69) is 25.0 Å². The second-order valence-electron chi connectivity index (χ2n) is 6.57. The average Bonchev–Trinajstić information content (AvgIpc) is 3.06. The van der Waals surface area contributed by atoms with Gasteiger partial charge in [0.1, 0.15) is 23.3 Å². The molecule has 0 bridgehead atoms. The lowest BCUT2D eigenvalue weighted by atomic mass is 10.1. The summed E-state index contributed by atoms with van der Waals surface area (Å²) in [6.45, 7) is 8.18. The Bertz CT molecular complexity index is 1090. The van der Waals surface area contributed by atoms with Crippen molar-refractivity contribution >= 4 is 15.8 Å². The van der Waals surface area contributed by atoms with Gasteiger partial charge in [-0.1, -0.05) is 6.07 Å². The molecule has 9 heteroatoms. The molecule has 0 atom stereocenters. The molecule has 0 amide bonds. The third-order valence-electron chi connectivity index (χ3n) is 4.41. The zero-order valence-electron chi connectivity index (χ0n) is 16.4. The summed E-state index contributed by atoms with van der Waals surface area (Å²) in [4.78, 5) is 13.2. The number of sulfonamides is 1. The molecule has 0 aliphatic heterocycles. The Balaban J connectivity index is 1.63. The van der Waals surface area contributed by atoms with E-state index >= 15 is 0 Å². The van der Waals surface area contributed by atoms with E-state index in [4.69, 9.17) is 0 Å². The molecule has 0 fully saturated rings. The Morgan fingerprint density at radius 3 is 2.46 bits per heavy atom. The normalized spacial score (nSPS) is 11.6. The van der Waals surface area contributed by atoms with Crippen LogP contribution in [-0.4, -0.2) is 41.0 Å². The van der Waals surface area contributed by atoms with Crippen molar-refractivity contribution in [1.82, 2.24) is 24.2 Å². The SMILES string of the molecule is Cc1nc(NCCNS(=O)(=O)c2ccc(C)c(C)c2)cc(-n2ccnc2C)n1. The first kappa shape index (κ1) is 20.0. The molecule has 148 valence electrons. The average molecular weight is 401 g/mol. The Morgan fingerprint density at radius 1 is 1.00 bits per heavy atom. The number of rotatable bonds is 7. The van der Waals surface area contributed by atoms with Gasteiger partial charge in [0.15, 0.2) is 0 Å². The fourth-order valence-electron chi connectivity index (χ4n) is 2.73. The van der Waals surface area contributed by atoms with Crippen molar-refractivity contribution in [3.05, 3.63) is 59.4 Å². The highest BCUT2D eigenvalue weighted by molar-refractivity contribution is 7.89. The van der Waals surface area contributed by atoms with Crippen LogP contribution in [-0.2, 0) is 10.0 Å². The quantitative estimate of drug-likeness (QED) is 0.590. The molecule has 0 saturated carbocycles. The van der Waals surface area contributed by atoms with E-state index in [1.54, 1.807) is 24.4 Å². The molecule has 2 aromatic heterocycles. The molecule has 0 radical (unpaired) electrons. The lowest BCUT2D eigenvalue weighted by Crippen LogP contribution is -2.29. The van der Waals surface area contributed by atoms with Gasteiger partial charge in [0, 0.05) is 31.5 Å². The van der Waals surface area contributed by atoms with Crippen LogP contribution in [0.15, 0.2) is 41.6 Å². The number of hydrogen-bond acceptors (Lipinski definition) is 6. The van der Waals surface area contributed by atoms with Gasteiger partial charge in [0.05, 0.1) is 4.90 Å². The van der Waals surface area contributed by atoms with Crippen molar-refractivity contribution in [2.75, 3.05) is 18.4 Å². The summed E-state index contributed by atoms with van der Waals surface area (Å²) in [6, 6.07) is 6.91. The van der Waals surface area contributed by atoms with E-state index < -0.39 is 10.0 Å². The molecule has 0 aliphatic rings. The number of nitrogens with zero attached hydrogens (tertiary/aromatic N) is 4. The van der Waals surface area contributed by atoms with Crippen LogP contribution in [0, 0.1) is 27.7 Å². The zero-order valence-corrected chi connectivity index (χ0v) is 17.2. The Morgan fingerprint density at radius 2 is 1.79 bits per heavy atom. The third kappa shape index (κ3) is 4.55. The van der Waals surface area contributed by atoms with Crippen molar-refractivity contribution in [3.63, 3.8) is 0 Å². The first-order valence-electron chi connectivity index (χ1n) is 8.93. The molecule has 0 spiro atoms. The molecule has 0 saturated heterocycles. The number of aromatic nitrogens is 4. The van der Waals surface area contributed by atoms with Crippen LogP contribution >= 0.6 is 0 Å².